The van der Waals surface area contributed by atoms with Gasteiger partial charge < -0.3 is 20.1 Å². The normalized spacial score (nSPS) is 10.8. The van der Waals surface area contributed by atoms with E-state index in [0.29, 0.717) is 35.4 Å². The second kappa shape index (κ2) is 8.35. The van der Waals surface area contributed by atoms with Gasteiger partial charge in [0, 0.05) is 31.6 Å². The number of aromatic nitrogens is 3. The van der Waals surface area contributed by atoms with Crippen LogP contribution in [-0.2, 0) is 4.79 Å². The Bertz CT molecular complexity index is 1020. The van der Waals surface area contributed by atoms with Crippen LogP contribution in [0.5, 0.6) is 11.5 Å². The third-order valence-electron chi connectivity index (χ3n) is 4.20. The van der Waals surface area contributed by atoms with E-state index in [0.717, 1.165) is 22.6 Å². The van der Waals surface area contributed by atoms with E-state index in [2.05, 4.69) is 20.7 Å². The van der Waals surface area contributed by atoms with Crippen LogP contribution >= 0.6 is 11.6 Å². The SMILES string of the molecule is COc1ccc(-c2c(C)nc3c(NCCNC(C)=O)cc(Cl)nn23)cc1OC. The Morgan fingerprint density at radius 1 is 1.18 bits per heavy atom. The van der Waals surface area contributed by atoms with E-state index >= 15 is 0 Å². The number of fused-ring (bicyclic) bond motifs is 1. The highest BCUT2D eigenvalue weighted by atomic mass is 35.5. The zero-order valence-corrected chi connectivity index (χ0v) is 16.9. The summed E-state index contributed by atoms with van der Waals surface area (Å²) in [4.78, 5) is 15.7. The molecule has 28 heavy (non-hydrogen) atoms. The van der Waals surface area contributed by atoms with Crippen molar-refractivity contribution in [1.29, 1.82) is 0 Å². The van der Waals surface area contributed by atoms with E-state index in [1.807, 2.05) is 25.1 Å². The van der Waals surface area contributed by atoms with E-state index in [-0.39, 0.29) is 5.91 Å². The van der Waals surface area contributed by atoms with Crippen molar-refractivity contribution in [3.8, 4) is 22.8 Å². The molecule has 3 aromatic rings. The molecule has 0 saturated heterocycles. The summed E-state index contributed by atoms with van der Waals surface area (Å²) in [6, 6.07) is 7.35. The minimum atomic E-state index is -0.0768. The number of ether oxygens (including phenoxy) is 2. The van der Waals surface area contributed by atoms with Gasteiger partial charge in [0.1, 0.15) is 0 Å². The molecule has 0 saturated carbocycles. The molecule has 3 rings (SSSR count). The average Bonchev–Trinajstić information content (AvgIpc) is 3.00. The van der Waals surface area contributed by atoms with E-state index in [9.17, 15) is 4.79 Å². The van der Waals surface area contributed by atoms with Gasteiger partial charge in [-0.25, -0.2) is 9.50 Å². The number of methoxy groups -OCH3 is 2. The van der Waals surface area contributed by atoms with Crippen LogP contribution in [0.1, 0.15) is 12.6 Å². The number of halogens is 1. The topological polar surface area (TPSA) is 89.8 Å². The first-order chi connectivity index (χ1) is 13.4. The lowest BCUT2D eigenvalue weighted by atomic mass is 10.1. The van der Waals surface area contributed by atoms with Crippen molar-refractivity contribution in [2.45, 2.75) is 13.8 Å². The standard InChI is InChI=1S/C19H22ClN5O3/c1-11-18(13-5-6-15(27-3)16(9-13)28-4)25-19(23-11)14(10-17(20)24-25)22-8-7-21-12(2)26/h5-6,9-10,22H,7-8H2,1-4H3,(H,21,26). The van der Waals surface area contributed by atoms with E-state index in [1.54, 1.807) is 24.8 Å². The highest BCUT2D eigenvalue weighted by Gasteiger charge is 2.17. The maximum atomic E-state index is 11.0. The maximum Gasteiger partial charge on any atom is 0.216 e. The molecule has 0 atom stereocenters. The van der Waals surface area contributed by atoms with Gasteiger partial charge in [0.25, 0.3) is 0 Å². The van der Waals surface area contributed by atoms with Crippen molar-refractivity contribution in [3.63, 3.8) is 0 Å². The minimum absolute atomic E-state index is 0.0768. The first-order valence-electron chi connectivity index (χ1n) is 8.71. The Balaban J connectivity index is 2.03. The molecule has 2 N–H and O–H groups in total. The van der Waals surface area contributed by atoms with E-state index in [4.69, 9.17) is 21.1 Å². The summed E-state index contributed by atoms with van der Waals surface area (Å²) in [7, 11) is 3.19. The molecular formula is C19H22ClN5O3. The lowest BCUT2D eigenvalue weighted by molar-refractivity contribution is -0.118. The summed E-state index contributed by atoms with van der Waals surface area (Å²) >= 11 is 6.25. The van der Waals surface area contributed by atoms with Gasteiger partial charge in [-0.2, -0.15) is 5.10 Å². The summed E-state index contributed by atoms with van der Waals surface area (Å²) in [6.45, 7) is 4.42. The molecule has 2 heterocycles. The number of aryl methyl sites for hydroxylation is 1. The fourth-order valence-corrected chi connectivity index (χ4v) is 3.16. The van der Waals surface area contributed by atoms with Crippen molar-refractivity contribution in [2.24, 2.45) is 0 Å². The van der Waals surface area contributed by atoms with Gasteiger partial charge in [-0.1, -0.05) is 11.6 Å². The predicted molar refractivity (Wildman–Crippen MR) is 108 cm³/mol. The summed E-state index contributed by atoms with van der Waals surface area (Å²) in [5.41, 5.74) is 3.87. The Kier molecular flexibility index (Phi) is 5.89. The van der Waals surface area contributed by atoms with Crippen LogP contribution in [0.4, 0.5) is 5.69 Å². The highest BCUT2D eigenvalue weighted by Crippen LogP contribution is 2.35. The summed E-state index contributed by atoms with van der Waals surface area (Å²) in [5.74, 6) is 1.18. The van der Waals surface area contributed by atoms with Gasteiger partial charge in [-0.3, -0.25) is 4.79 Å². The highest BCUT2D eigenvalue weighted by molar-refractivity contribution is 6.29. The molecule has 0 fully saturated rings. The fraction of sp³-hybridized carbons (Fsp3) is 0.316. The molecule has 1 aromatic carbocycles. The third kappa shape index (κ3) is 3.96. The molecule has 1 amide bonds. The zero-order chi connectivity index (χ0) is 20.3. The third-order valence-corrected chi connectivity index (χ3v) is 4.38. The number of carbonyl (C=O) groups excluding carboxylic acids is 1. The van der Waals surface area contributed by atoms with E-state index < -0.39 is 0 Å². The summed E-state index contributed by atoms with van der Waals surface area (Å²) in [5, 5.41) is 10.7. The van der Waals surface area contributed by atoms with Crippen LogP contribution in [0.25, 0.3) is 16.9 Å². The van der Waals surface area contributed by atoms with Crippen LogP contribution in [0, 0.1) is 6.92 Å². The van der Waals surface area contributed by atoms with E-state index in [1.165, 1.54) is 6.92 Å². The van der Waals surface area contributed by atoms with Crippen molar-refractivity contribution in [3.05, 3.63) is 35.1 Å². The quantitative estimate of drug-likeness (QED) is 0.589. The fourth-order valence-electron chi connectivity index (χ4n) is 2.98. The van der Waals surface area contributed by atoms with Crippen molar-refractivity contribution >= 4 is 28.8 Å². The number of carbonyl (C=O) groups is 1. The number of hydrogen-bond acceptors (Lipinski definition) is 6. The Hall–Kier alpha value is -3.00. The van der Waals surface area contributed by atoms with Crippen LogP contribution in [0.15, 0.2) is 24.3 Å². The molecule has 2 aromatic heterocycles. The second-order valence-electron chi connectivity index (χ2n) is 6.14. The molecule has 0 unspecified atom stereocenters. The number of rotatable bonds is 7. The Morgan fingerprint density at radius 2 is 1.93 bits per heavy atom. The average molecular weight is 404 g/mol. The number of anilines is 1. The smallest absolute Gasteiger partial charge is 0.216 e. The predicted octanol–water partition coefficient (Wildman–Crippen LogP) is 2.92. The van der Waals surface area contributed by atoms with Crippen LogP contribution in [-0.4, -0.2) is 47.8 Å². The molecule has 0 aliphatic carbocycles. The summed E-state index contributed by atoms with van der Waals surface area (Å²) in [6.07, 6.45) is 0. The van der Waals surface area contributed by atoms with Gasteiger partial charge in [0.15, 0.2) is 22.3 Å². The second-order valence-corrected chi connectivity index (χ2v) is 6.53. The number of imidazole rings is 1. The molecule has 0 aliphatic heterocycles. The van der Waals surface area contributed by atoms with Crippen molar-refractivity contribution in [2.75, 3.05) is 32.6 Å². The number of amides is 1. The molecule has 8 nitrogen and oxygen atoms in total. The number of hydrogen-bond donors (Lipinski definition) is 2. The largest absolute Gasteiger partial charge is 0.493 e. The molecule has 0 radical (unpaired) electrons. The molecule has 9 heteroatoms. The molecule has 0 aliphatic rings. The molecule has 148 valence electrons. The van der Waals surface area contributed by atoms with Crippen molar-refractivity contribution < 1.29 is 14.3 Å². The number of nitrogens with one attached hydrogen (secondary N) is 2. The number of nitrogens with zero attached hydrogens (tertiary/aromatic N) is 3. The zero-order valence-electron chi connectivity index (χ0n) is 16.2. The minimum Gasteiger partial charge on any atom is -0.493 e. The molecule has 0 bridgehead atoms. The Morgan fingerprint density at radius 3 is 2.61 bits per heavy atom. The maximum absolute atomic E-state index is 11.0. The lowest BCUT2D eigenvalue weighted by Gasteiger charge is -2.11. The summed E-state index contributed by atoms with van der Waals surface area (Å²) < 4.78 is 12.4. The Labute approximate surface area is 167 Å². The van der Waals surface area contributed by atoms with Crippen LogP contribution in [0.3, 0.4) is 0 Å². The van der Waals surface area contributed by atoms with Gasteiger partial charge >= 0.3 is 0 Å². The first kappa shape index (κ1) is 19.8. The first-order valence-corrected chi connectivity index (χ1v) is 9.09. The van der Waals surface area contributed by atoms with Gasteiger partial charge in [-0.05, 0) is 25.1 Å². The molecular weight excluding hydrogens is 382 g/mol. The molecule has 0 spiro atoms. The van der Waals surface area contributed by atoms with Crippen LogP contribution < -0.4 is 20.1 Å². The lowest BCUT2D eigenvalue weighted by Crippen LogP contribution is -2.26. The van der Waals surface area contributed by atoms with Crippen molar-refractivity contribution in [1.82, 2.24) is 19.9 Å². The monoisotopic (exact) mass is 403 g/mol. The van der Waals surface area contributed by atoms with Gasteiger partial charge in [0.2, 0.25) is 5.91 Å². The van der Waals surface area contributed by atoms with Crippen LogP contribution in [0.2, 0.25) is 5.15 Å². The van der Waals surface area contributed by atoms with Gasteiger partial charge in [0.05, 0.1) is 31.3 Å². The number of benzene rings is 1. The van der Waals surface area contributed by atoms with Gasteiger partial charge in [-0.15, -0.1) is 0 Å².